The molecule has 0 radical (unpaired) electrons. The van der Waals surface area contributed by atoms with Crippen LogP contribution in [0.1, 0.15) is 31.4 Å². The van der Waals surface area contributed by atoms with Crippen LogP contribution < -0.4 is 14.8 Å². The summed E-state index contributed by atoms with van der Waals surface area (Å²) in [6, 6.07) is 6.70. The highest BCUT2D eigenvalue weighted by atomic mass is 16.6. The van der Waals surface area contributed by atoms with Crippen LogP contribution in [0.3, 0.4) is 0 Å². The summed E-state index contributed by atoms with van der Waals surface area (Å²) in [6.45, 7) is 5.24. The van der Waals surface area contributed by atoms with Crippen molar-refractivity contribution in [3.05, 3.63) is 23.8 Å². The van der Waals surface area contributed by atoms with Gasteiger partial charge in [-0.15, -0.1) is 0 Å². The molecule has 0 amide bonds. The molecule has 2 unspecified atom stereocenters. The van der Waals surface area contributed by atoms with Crippen molar-refractivity contribution < 1.29 is 14.2 Å². The number of hydrogen-bond acceptors (Lipinski definition) is 4. The van der Waals surface area contributed by atoms with Crippen LogP contribution in [-0.2, 0) is 4.74 Å². The fourth-order valence-electron chi connectivity index (χ4n) is 2.76. The van der Waals surface area contributed by atoms with Crippen molar-refractivity contribution in [1.29, 1.82) is 0 Å². The van der Waals surface area contributed by atoms with Crippen LogP contribution in [0.25, 0.3) is 0 Å². The molecule has 1 N–H and O–H groups in total. The van der Waals surface area contributed by atoms with Crippen molar-refractivity contribution in [2.45, 2.75) is 31.9 Å². The van der Waals surface area contributed by atoms with Crippen molar-refractivity contribution >= 4 is 0 Å². The van der Waals surface area contributed by atoms with Crippen LogP contribution in [0.15, 0.2) is 18.2 Å². The van der Waals surface area contributed by atoms with Gasteiger partial charge in [0.25, 0.3) is 0 Å². The summed E-state index contributed by atoms with van der Waals surface area (Å²) in [7, 11) is 0. The third kappa shape index (κ3) is 2.85. The highest BCUT2D eigenvalue weighted by Crippen LogP contribution is 2.36. The van der Waals surface area contributed by atoms with E-state index in [1.165, 1.54) is 5.56 Å². The largest absolute Gasteiger partial charge is 0.486 e. The van der Waals surface area contributed by atoms with Crippen molar-refractivity contribution in [3.63, 3.8) is 0 Å². The Hall–Kier alpha value is -1.26. The average molecular weight is 263 g/mol. The van der Waals surface area contributed by atoms with E-state index in [1.54, 1.807) is 0 Å². The van der Waals surface area contributed by atoms with E-state index >= 15 is 0 Å². The molecule has 4 heteroatoms. The minimum atomic E-state index is 0.161. The number of nitrogens with one attached hydrogen (secondary N) is 1. The van der Waals surface area contributed by atoms with Gasteiger partial charge in [0, 0.05) is 12.6 Å². The van der Waals surface area contributed by atoms with Crippen LogP contribution in [0, 0.1) is 0 Å². The Balaban J connectivity index is 1.74. The number of hydrogen-bond donors (Lipinski definition) is 1. The van der Waals surface area contributed by atoms with Crippen molar-refractivity contribution in [2.24, 2.45) is 0 Å². The summed E-state index contributed by atoms with van der Waals surface area (Å²) < 4.78 is 17.1. The maximum Gasteiger partial charge on any atom is 0.161 e. The standard InChI is InChI=1S/C15H21NO3/c1-2-16-12-5-6-17-14(10-12)11-3-4-13-15(9-11)19-8-7-18-13/h3-4,9,12,14,16H,2,5-8,10H2,1H3. The summed E-state index contributed by atoms with van der Waals surface area (Å²) in [5.41, 5.74) is 1.19. The monoisotopic (exact) mass is 263 g/mol. The molecule has 4 nitrogen and oxygen atoms in total. The smallest absolute Gasteiger partial charge is 0.161 e. The van der Waals surface area contributed by atoms with E-state index in [9.17, 15) is 0 Å². The number of ether oxygens (including phenoxy) is 3. The van der Waals surface area contributed by atoms with Gasteiger partial charge in [0.1, 0.15) is 13.2 Å². The van der Waals surface area contributed by atoms with E-state index in [0.717, 1.165) is 37.5 Å². The van der Waals surface area contributed by atoms with Gasteiger partial charge < -0.3 is 19.5 Å². The lowest BCUT2D eigenvalue weighted by atomic mass is 9.97. The second-order valence-electron chi connectivity index (χ2n) is 5.04. The molecule has 1 aromatic carbocycles. The average Bonchev–Trinajstić information content (AvgIpc) is 2.47. The SMILES string of the molecule is CCNC1CCOC(c2ccc3c(c2)OCCO3)C1. The van der Waals surface area contributed by atoms with Gasteiger partial charge in [-0.2, -0.15) is 0 Å². The quantitative estimate of drug-likeness (QED) is 0.908. The Morgan fingerprint density at radius 2 is 2.00 bits per heavy atom. The Labute approximate surface area is 114 Å². The molecule has 3 rings (SSSR count). The first-order chi connectivity index (χ1) is 9.36. The second kappa shape index (κ2) is 5.80. The van der Waals surface area contributed by atoms with Crippen LogP contribution in [0.2, 0.25) is 0 Å². The van der Waals surface area contributed by atoms with Crippen LogP contribution in [0.4, 0.5) is 0 Å². The molecule has 19 heavy (non-hydrogen) atoms. The van der Waals surface area contributed by atoms with Gasteiger partial charge in [0.15, 0.2) is 11.5 Å². The van der Waals surface area contributed by atoms with Crippen molar-refractivity contribution in [1.82, 2.24) is 5.32 Å². The molecule has 2 aliphatic heterocycles. The topological polar surface area (TPSA) is 39.7 Å². The molecule has 1 fully saturated rings. The highest BCUT2D eigenvalue weighted by molar-refractivity contribution is 5.44. The zero-order valence-electron chi connectivity index (χ0n) is 11.4. The highest BCUT2D eigenvalue weighted by Gasteiger charge is 2.24. The maximum atomic E-state index is 5.90. The fraction of sp³-hybridized carbons (Fsp3) is 0.600. The first-order valence-electron chi connectivity index (χ1n) is 7.11. The molecule has 0 aliphatic carbocycles. The molecule has 2 heterocycles. The normalized spacial score (nSPS) is 26.2. The summed E-state index contributed by atoms with van der Waals surface area (Å²) in [6.07, 6.45) is 2.27. The van der Waals surface area contributed by atoms with Crippen LogP contribution in [0.5, 0.6) is 11.5 Å². The molecule has 2 aliphatic rings. The molecule has 0 spiro atoms. The molecule has 1 aromatic rings. The van der Waals surface area contributed by atoms with Gasteiger partial charge >= 0.3 is 0 Å². The van der Waals surface area contributed by atoms with E-state index in [0.29, 0.717) is 19.3 Å². The van der Waals surface area contributed by atoms with Gasteiger partial charge in [-0.05, 0) is 37.1 Å². The summed E-state index contributed by atoms with van der Waals surface area (Å²) >= 11 is 0. The van der Waals surface area contributed by atoms with Gasteiger partial charge in [-0.3, -0.25) is 0 Å². The Morgan fingerprint density at radius 1 is 1.16 bits per heavy atom. The summed E-state index contributed by atoms with van der Waals surface area (Å²) in [4.78, 5) is 0. The Morgan fingerprint density at radius 3 is 2.84 bits per heavy atom. The molecule has 0 bridgehead atoms. The first kappa shape index (κ1) is 12.8. The molecule has 104 valence electrons. The minimum absolute atomic E-state index is 0.161. The third-order valence-corrected chi connectivity index (χ3v) is 3.71. The lowest BCUT2D eigenvalue weighted by Gasteiger charge is -2.31. The van der Waals surface area contributed by atoms with E-state index in [2.05, 4.69) is 24.4 Å². The van der Waals surface area contributed by atoms with Gasteiger partial charge in [0.2, 0.25) is 0 Å². The zero-order chi connectivity index (χ0) is 13.1. The number of rotatable bonds is 3. The molecular weight excluding hydrogens is 242 g/mol. The van der Waals surface area contributed by atoms with Gasteiger partial charge in [-0.25, -0.2) is 0 Å². The Kier molecular flexibility index (Phi) is 3.89. The fourth-order valence-corrected chi connectivity index (χ4v) is 2.76. The third-order valence-electron chi connectivity index (χ3n) is 3.71. The molecule has 2 atom stereocenters. The van der Waals surface area contributed by atoms with E-state index < -0.39 is 0 Å². The maximum absolute atomic E-state index is 5.90. The van der Waals surface area contributed by atoms with E-state index in [4.69, 9.17) is 14.2 Å². The van der Waals surface area contributed by atoms with Crippen molar-refractivity contribution in [3.8, 4) is 11.5 Å². The molecular formula is C15H21NO3. The van der Waals surface area contributed by atoms with Gasteiger partial charge in [-0.1, -0.05) is 13.0 Å². The zero-order valence-corrected chi connectivity index (χ0v) is 11.4. The molecule has 0 saturated carbocycles. The van der Waals surface area contributed by atoms with E-state index in [1.807, 2.05) is 6.07 Å². The van der Waals surface area contributed by atoms with Gasteiger partial charge in [0.05, 0.1) is 6.10 Å². The van der Waals surface area contributed by atoms with Crippen LogP contribution in [-0.4, -0.2) is 32.4 Å². The van der Waals surface area contributed by atoms with Crippen molar-refractivity contribution in [2.75, 3.05) is 26.4 Å². The first-order valence-corrected chi connectivity index (χ1v) is 7.11. The lowest BCUT2D eigenvalue weighted by molar-refractivity contribution is 0.000342. The predicted molar refractivity (Wildman–Crippen MR) is 72.8 cm³/mol. The summed E-state index contributed by atoms with van der Waals surface area (Å²) in [5, 5.41) is 3.51. The number of benzene rings is 1. The lowest BCUT2D eigenvalue weighted by Crippen LogP contribution is -2.35. The number of fused-ring (bicyclic) bond motifs is 1. The van der Waals surface area contributed by atoms with Crippen LogP contribution >= 0.6 is 0 Å². The predicted octanol–water partition coefficient (Wildman–Crippen LogP) is 2.29. The minimum Gasteiger partial charge on any atom is -0.486 e. The molecule has 0 aromatic heterocycles. The molecule has 1 saturated heterocycles. The van der Waals surface area contributed by atoms with E-state index in [-0.39, 0.29) is 6.10 Å². The second-order valence-corrected chi connectivity index (χ2v) is 5.04. The Bertz CT molecular complexity index is 433. The summed E-state index contributed by atoms with van der Waals surface area (Å²) in [5.74, 6) is 1.69.